The van der Waals surface area contributed by atoms with Gasteiger partial charge in [-0.1, -0.05) is 23.8 Å². The number of carbonyl (C=O) groups is 2. The number of halogens is 3. The molecule has 10 nitrogen and oxygen atoms in total. The first-order valence-electron chi connectivity index (χ1n) is 11.0. The molecule has 2 heterocycles. The zero-order valence-electron chi connectivity index (χ0n) is 19.8. The Morgan fingerprint density at radius 1 is 1.31 bits per heavy atom. The van der Waals surface area contributed by atoms with E-state index in [0.717, 1.165) is 18.8 Å². The van der Waals surface area contributed by atoms with Crippen molar-refractivity contribution in [2.75, 3.05) is 42.2 Å². The van der Waals surface area contributed by atoms with E-state index >= 15 is 0 Å². The van der Waals surface area contributed by atoms with E-state index in [1.165, 1.54) is 7.05 Å². The molecule has 0 saturated heterocycles. The first-order chi connectivity index (χ1) is 16.6. The minimum absolute atomic E-state index is 0.0510. The molecule has 1 aliphatic carbocycles. The second-order valence-corrected chi connectivity index (χ2v) is 11.5. The third-order valence-corrected chi connectivity index (χ3v) is 7.03. The van der Waals surface area contributed by atoms with Crippen LogP contribution in [0.15, 0.2) is 42.0 Å². The van der Waals surface area contributed by atoms with Gasteiger partial charge < -0.3 is 20.3 Å². The van der Waals surface area contributed by atoms with E-state index in [-0.39, 0.29) is 42.2 Å². The molecule has 0 fully saturated rings. The van der Waals surface area contributed by atoms with Gasteiger partial charge in [0.25, 0.3) is 11.8 Å². The molecule has 1 aromatic heterocycles. The van der Waals surface area contributed by atoms with E-state index in [2.05, 4.69) is 69.4 Å². The Hall–Kier alpha value is -1.65. The highest BCUT2D eigenvalue weighted by Gasteiger charge is 2.38. The van der Waals surface area contributed by atoms with Crippen molar-refractivity contribution in [1.82, 2.24) is 23.3 Å². The smallest absolute Gasteiger partial charge is 0.289 e. The van der Waals surface area contributed by atoms with Gasteiger partial charge in [-0.2, -0.15) is 4.98 Å². The summed E-state index contributed by atoms with van der Waals surface area (Å²) in [7, 11) is 3.52. The average Bonchev–Trinajstić information content (AvgIpc) is 2.82. The van der Waals surface area contributed by atoms with E-state index in [1.807, 2.05) is 42.2 Å². The number of carbonyl (C=O) groups excluding carboxylic acids is 2. The molecule has 2 aliphatic rings. The summed E-state index contributed by atoms with van der Waals surface area (Å²) >= 11 is 10.8. The summed E-state index contributed by atoms with van der Waals surface area (Å²) in [6, 6.07) is -0.211. The molecule has 2 amide bonds. The number of fused-ring (bicyclic) bond motifs is 1. The van der Waals surface area contributed by atoms with Crippen molar-refractivity contribution < 1.29 is 14.3 Å². The van der Waals surface area contributed by atoms with Crippen molar-refractivity contribution >= 4 is 80.9 Å². The van der Waals surface area contributed by atoms with Crippen LogP contribution in [0.2, 0.25) is 5.02 Å². The standard InChI is InChI=1S/C22H28ClI2N7O3/c1-13(2)32-17-6-5-15(9-14(17)10-18(21(32)34)35-12-19(33)26-3)28-20-16(23)11-27-22(29-20)31(25)8-7-30(4)24/h5-6,9-11,13-14,17H,7-8,12H2,1-4H3,(H,26,33)(H,27,28,29). The number of amides is 2. The highest BCUT2D eigenvalue weighted by atomic mass is 127. The van der Waals surface area contributed by atoms with Gasteiger partial charge in [0.15, 0.2) is 18.2 Å². The quantitative estimate of drug-likeness (QED) is 0.280. The maximum Gasteiger partial charge on any atom is 0.289 e. The minimum atomic E-state index is -0.304. The molecule has 35 heavy (non-hydrogen) atoms. The van der Waals surface area contributed by atoms with E-state index in [0.29, 0.717) is 16.8 Å². The second kappa shape index (κ2) is 12.5. The molecule has 13 heteroatoms. The lowest BCUT2D eigenvalue weighted by Crippen LogP contribution is -2.51. The van der Waals surface area contributed by atoms with Crippen LogP contribution in [0, 0.1) is 5.92 Å². The zero-order valence-corrected chi connectivity index (χ0v) is 24.9. The van der Waals surface area contributed by atoms with E-state index < -0.39 is 0 Å². The number of anilines is 2. The molecule has 0 bridgehead atoms. The molecule has 2 N–H and O–H groups in total. The van der Waals surface area contributed by atoms with Crippen LogP contribution in [0.1, 0.15) is 13.8 Å². The van der Waals surface area contributed by atoms with Crippen LogP contribution < -0.4 is 13.7 Å². The van der Waals surface area contributed by atoms with Crippen LogP contribution in [0.4, 0.5) is 11.8 Å². The number of aromatic nitrogens is 2. The van der Waals surface area contributed by atoms with E-state index in [9.17, 15) is 9.59 Å². The molecule has 0 radical (unpaired) electrons. The lowest BCUT2D eigenvalue weighted by atomic mass is 9.87. The first kappa shape index (κ1) is 27.9. The van der Waals surface area contributed by atoms with Crippen LogP contribution >= 0.6 is 57.3 Å². The first-order valence-corrected chi connectivity index (χ1v) is 13.3. The molecule has 0 saturated carbocycles. The number of ether oxygens (including phenoxy) is 1. The van der Waals surface area contributed by atoms with Crippen LogP contribution in [0.5, 0.6) is 0 Å². The Kier molecular flexibility index (Phi) is 10.0. The van der Waals surface area contributed by atoms with Crippen molar-refractivity contribution in [3.8, 4) is 0 Å². The number of rotatable bonds is 10. The molecule has 1 aromatic rings. The Morgan fingerprint density at radius 2 is 2.06 bits per heavy atom. The van der Waals surface area contributed by atoms with Crippen molar-refractivity contribution in [3.05, 3.63) is 47.0 Å². The Bertz CT molecular complexity index is 1050. The summed E-state index contributed by atoms with van der Waals surface area (Å²) in [4.78, 5) is 35.4. The van der Waals surface area contributed by atoms with E-state index in [1.54, 1.807) is 17.2 Å². The van der Waals surface area contributed by atoms with Gasteiger partial charge in [-0.3, -0.25) is 12.7 Å². The third-order valence-electron chi connectivity index (χ3n) is 5.36. The fraction of sp³-hybridized carbons (Fsp3) is 0.455. The number of hydrogen-bond donors (Lipinski definition) is 2. The highest BCUT2D eigenvalue weighted by Crippen LogP contribution is 2.33. The van der Waals surface area contributed by atoms with Crippen molar-refractivity contribution in [1.29, 1.82) is 0 Å². The number of allylic oxidation sites excluding steroid dienone is 1. The fourth-order valence-electron chi connectivity index (χ4n) is 3.64. The summed E-state index contributed by atoms with van der Waals surface area (Å²) < 4.78 is 9.55. The van der Waals surface area contributed by atoms with Gasteiger partial charge in [0.1, 0.15) is 5.02 Å². The molecule has 2 atom stereocenters. The third kappa shape index (κ3) is 7.20. The Labute approximate surface area is 238 Å². The summed E-state index contributed by atoms with van der Waals surface area (Å²) in [5.41, 5.74) is 0.782. The minimum Gasteiger partial charge on any atom is -0.478 e. The predicted molar refractivity (Wildman–Crippen MR) is 153 cm³/mol. The SMILES string of the molecule is CNC(=O)COC1=CC2C=C(Nc3nc(N(I)CCN(C)I)ncc3Cl)C=CC2N(C(C)C)C1=O. The molecular weight excluding hydrogens is 700 g/mol. The van der Waals surface area contributed by atoms with Crippen molar-refractivity contribution in [2.24, 2.45) is 5.92 Å². The van der Waals surface area contributed by atoms with Crippen LogP contribution in [-0.2, 0) is 14.3 Å². The lowest BCUT2D eigenvalue weighted by molar-refractivity contribution is -0.137. The van der Waals surface area contributed by atoms with Gasteiger partial charge in [0.05, 0.1) is 35.1 Å². The summed E-state index contributed by atoms with van der Waals surface area (Å²) in [5, 5.41) is 6.18. The van der Waals surface area contributed by atoms with Gasteiger partial charge in [-0.25, -0.2) is 8.10 Å². The number of likely N-dealkylation sites (N-methyl/N-ethyl adjacent to an activating group) is 2. The van der Waals surface area contributed by atoms with Gasteiger partial charge in [0.2, 0.25) is 5.95 Å². The molecule has 190 valence electrons. The normalized spacial score (nSPS) is 19.3. The number of nitrogens with zero attached hydrogens (tertiary/aromatic N) is 5. The molecule has 3 rings (SSSR count). The van der Waals surface area contributed by atoms with Crippen LogP contribution in [-0.4, -0.2) is 75.7 Å². The van der Waals surface area contributed by atoms with Gasteiger partial charge >= 0.3 is 0 Å². The van der Waals surface area contributed by atoms with Gasteiger partial charge in [-0.05, 0) is 33.0 Å². The molecule has 2 unspecified atom stereocenters. The Balaban J connectivity index is 1.83. The highest BCUT2D eigenvalue weighted by molar-refractivity contribution is 14.1. The molecule has 0 aromatic carbocycles. The summed E-state index contributed by atoms with van der Waals surface area (Å²) in [6.45, 7) is 5.28. The molecule has 1 aliphatic heterocycles. The maximum atomic E-state index is 13.0. The van der Waals surface area contributed by atoms with Crippen LogP contribution in [0.3, 0.4) is 0 Å². The zero-order chi connectivity index (χ0) is 25.7. The van der Waals surface area contributed by atoms with Crippen LogP contribution in [0.25, 0.3) is 0 Å². The topological polar surface area (TPSA) is 103 Å². The summed E-state index contributed by atoms with van der Waals surface area (Å²) in [5.74, 6) is 0.515. The number of nitrogens with one attached hydrogen (secondary N) is 2. The van der Waals surface area contributed by atoms with Crippen molar-refractivity contribution in [2.45, 2.75) is 25.9 Å². The van der Waals surface area contributed by atoms with E-state index in [4.69, 9.17) is 16.3 Å². The average molecular weight is 728 g/mol. The lowest BCUT2D eigenvalue weighted by Gasteiger charge is -2.41. The molecule has 0 spiro atoms. The van der Waals surface area contributed by atoms with Gasteiger partial charge in [-0.15, -0.1) is 0 Å². The number of hydrogen-bond acceptors (Lipinski definition) is 8. The monoisotopic (exact) mass is 727 g/mol. The molecular formula is C22H28ClI2N7O3. The Morgan fingerprint density at radius 3 is 2.71 bits per heavy atom. The second-order valence-electron chi connectivity index (χ2n) is 8.25. The largest absolute Gasteiger partial charge is 0.478 e. The predicted octanol–water partition coefficient (Wildman–Crippen LogP) is 3.32. The fourth-order valence-corrected chi connectivity index (χ4v) is 4.44. The van der Waals surface area contributed by atoms with Crippen molar-refractivity contribution in [3.63, 3.8) is 0 Å². The van der Waals surface area contributed by atoms with Gasteiger partial charge in [0, 0.05) is 60.7 Å². The maximum absolute atomic E-state index is 13.0. The summed E-state index contributed by atoms with van der Waals surface area (Å²) in [6.07, 6.45) is 9.24.